The highest BCUT2D eigenvalue weighted by Gasteiger charge is 2.38. The van der Waals surface area contributed by atoms with Crippen LogP contribution in [0, 0.1) is 23.7 Å². The smallest absolute Gasteiger partial charge is 0.138 e. The van der Waals surface area contributed by atoms with Gasteiger partial charge in [-0.1, -0.05) is 146 Å². The van der Waals surface area contributed by atoms with Crippen molar-refractivity contribution in [1.82, 2.24) is 0 Å². The van der Waals surface area contributed by atoms with Gasteiger partial charge in [-0.05, 0) is 125 Å². The third-order valence-electron chi connectivity index (χ3n) is 14.1. The van der Waals surface area contributed by atoms with Gasteiger partial charge in [-0.15, -0.1) is 0 Å². The Kier molecular flexibility index (Phi) is 8.06. The summed E-state index contributed by atoms with van der Waals surface area (Å²) < 4.78 is 13.6. The van der Waals surface area contributed by atoms with E-state index in [1.165, 1.54) is 60.7 Å². The molecule has 0 amide bonds. The second-order valence-corrected chi connectivity index (χ2v) is 17.4. The van der Waals surface area contributed by atoms with E-state index in [0.717, 1.165) is 54.6 Å². The fourth-order valence-corrected chi connectivity index (χ4v) is 11.4. The van der Waals surface area contributed by atoms with Gasteiger partial charge >= 0.3 is 0 Å². The molecule has 0 radical (unpaired) electrons. The molecule has 0 spiro atoms. The Hall–Kier alpha value is -6.12. The molecule has 0 N–H and O–H groups in total. The predicted octanol–water partition coefficient (Wildman–Crippen LogP) is 15.1. The normalized spacial score (nSPS) is 26.0. The van der Waals surface area contributed by atoms with Crippen molar-refractivity contribution >= 4 is 44.6 Å². The zero-order chi connectivity index (χ0) is 38.2. The second kappa shape index (κ2) is 13.8. The first kappa shape index (κ1) is 34.0. The third kappa shape index (κ3) is 5.68. The standard InChI is InChI=1S/C56H46O2/c1-3-12-35(13-4-1)38-22-23-40-29-41(25-24-39(40)28-38)42-30-44(47-19-11-21-52-54(47)48-18-9-10-20-51(48)57-52)32-45(31-42)49-33-43(36-14-5-2-6-15-36)34-50-55-46-17-8-7-16-37(46)26-27-53(55)58-56(49)50/h1-7,9-16,18-29,33-34,37,39-40,42,44-46H,8,17,30-32H2. The van der Waals surface area contributed by atoms with Crippen molar-refractivity contribution in [3.05, 3.63) is 204 Å². The summed E-state index contributed by atoms with van der Waals surface area (Å²) in [7, 11) is 0. The van der Waals surface area contributed by atoms with Gasteiger partial charge in [-0.3, -0.25) is 0 Å². The number of para-hydroxylation sites is 1. The molecule has 12 rings (SSSR count). The van der Waals surface area contributed by atoms with Crippen LogP contribution in [0.2, 0.25) is 0 Å². The third-order valence-corrected chi connectivity index (χ3v) is 14.1. The average molecular weight is 751 g/mol. The number of hydrogen-bond donors (Lipinski definition) is 0. The first-order valence-corrected chi connectivity index (χ1v) is 21.5. The molecule has 1 fully saturated rings. The van der Waals surface area contributed by atoms with E-state index in [4.69, 9.17) is 8.83 Å². The quantitative estimate of drug-likeness (QED) is 0.164. The summed E-state index contributed by atoms with van der Waals surface area (Å²) in [5.74, 6) is 3.73. The van der Waals surface area contributed by atoms with Gasteiger partial charge in [-0.2, -0.15) is 0 Å². The fourth-order valence-electron chi connectivity index (χ4n) is 11.4. The van der Waals surface area contributed by atoms with Gasteiger partial charge in [0.15, 0.2) is 0 Å². The fraction of sp³-hybridized carbons (Fsp3) is 0.214. The molecule has 282 valence electrons. The van der Waals surface area contributed by atoms with Crippen LogP contribution < -0.4 is 0 Å². The minimum Gasteiger partial charge on any atom is -0.456 e. The number of benzene rings is 5. The predicted molar refractivity (Wildman–Crippen MR) is 240 cm³/mol. The van der Waals surface area contributed by atoms with E-state index in [0.29, 0.717) is 41.4 Å². The van der Waals surface area contributed by atoms with Crippen molar-refractivity contribution in [2.45, 2.75) is 49.9 Å². The van der Waals surface area contributed by atoms with Gasteiger partial charge in [-0.25, -0.2) is 0 Å². The zero-order valence-electron chi connectivity index (χ0n) is 32.6. The maximum atomic E-state index is 7.10. The molecule has 1 saturated carbocycles. The molecule has 5 aliphatic carbocycles. The van der Waals surface area contributed by atoms with Crippen LogP contribution in [0.3, 0.4) is 0 Å². The summed E-state index contributed by atoms with van der Waals surface area (Å²) in [5.41, 5.74) is 13.9. The monoisotopic (exact) mass is 750 g/mol. The second-order valence-electron chi connectivity index (χ2n) is 17.4. The van der Waals surface area contributed by atoms with Crippen molar-refractivity contribution in [2.75, 3.05) is 0 Å². The van der Waals surface area contributed by atoms with Crippen LogP contribution in [0.1, 0.15) is 77.9 Å². The number of fused-ring (bicyclic) bond motifs is 9. The summed E-state index contributed by atoms with van der Waals surface area (Å²) >= 11 is 0. The highest BCUT2D eigenvalue weighted by molar-refractivity contribution is 6.07. The van der Waals surface area contributed by atoms with Crippen molar-refractivity contribution in [3.63, 3.8) is 0 Å². The molecule has 58 heavy (non-hydrogen) atoms. The Morgan fingerprint density at radius 3 is 2.10 bits per heavy atom. The Balaban J connectivity index is 0.998. The molecule has 7 unspecified atom stereocenters. The minimum absolute atomic E-state index is 0.306. The van der Waals surface area contributed by atoms with E-state index >= 15 is 0 Å². The number of furan rings is 2. The highest BCUT2D eigenvalue weighted by atomic mass is 16.3. The van der Waals surface area contributed by atoms with Gasteiger partial charge in [0, 0.05) is 39.5 Å². The lowest BCUT2D eigenvalue weighted by Crippen LogP contribution is -2.24. The molecule has 2 heteroatoms. The molecule has 7 aromatic rings. The Labute approximate surface area is 340 Å². The first-order chi connectivity index (χ1) is 28.7. The van der Waals surface area contributed by atoms with Crippen LogP contribution in [0.5, 0.6) is 0 Å². The Morgan fingerprint density at radius 1 is 0.500 bits per heavy atom. The summed E-state index contributed by atoms with van der Waals surface area (Å²) in [6.45, 7) is 0. The van der Waals surface area contributed by atoms with E-state index in [-0.39, 0.29) is 0 Å². The highest BCUT2D eigenvalue weighted by Crippen LogP contribution is 2.54. The maximum Gasteiger partial charge on any atom is 0.138 e. The zero-order valence-corrected chi connectivity index (χ0v) is 32.6. The molecular weight excluding hydrogens is 705 g/mol. The van der Waals surface area contributed by atoms with Crippen LogP contribution >= 0.6 is 0 Å². The maximum absolute atomic E-state index is 7.10. The largest absolute Gasteiger partial charge is 0.456 e. The molecule has 0 saturated heterocycles. The van der Waals surface area contributed by atoms with Crippen LogP contribution in [-0.2, 0) is 0 Å². The topological polar surface area (TPSA) is 26.3 Å². The van der Waals surface area contributed by atoms with Crippen LogP contribution in [0.4, 0.5) is 0 Å². The van der Waals surface area contributed by atoms with Gasteiger partial charge in [0.1, 0.15) is 22.5 Å². The molecule has 7 atom stereocenters. The van der Waals surface area contributed by atoms with E-state index in [9.17, 15) is 0 Å². The average Bonchev–Trinajstić information content (AvgIpc) is 3.88. The van der Waals surface area contributed by atoms with E-state index in [2.05, 4.69) is 176 Å². The lowest BCUT2D eigenvalue weighted by molar-refractivity contribution is 0.323. The Morgan fingerprint density at radius 2 is 1.22 bits per heavy atom. The lowest BCUT2D eigenvalue weighted by Gasteiger charge is -2.38. The molecule has 2 aromatic heterocycles. The molecule has 5 aliphatic rings. The summed E-state index contributed by atoms with van der Waals surface area (Å²) in [4.78, 5) is 0. The van der Waals surface area contributed by atoms with Gasteiger partial charge < -0.3 is 8.83 Å². The summed E-state index contributed by atoms with van der Waals surface area (Å²) in [6, 6.07) is 42.1. The van der Waals surface area contributed by atoms with Crippen LogP contribution in [0.25, 0.3) is 55.7 Å². The number of allylic oxidation sites excluding steroid dienone is 11. The summed E-state index contributed by atoms with van der Waals surface area (Å²) in [5, 5.41) is 3.81. The molecule has 0 bridgehead atoms. The Bertz CT molecular complexity index is 2910. The van der Waals surface area contributed by atoms with Crippen molar-refractivity contribution < 1.29 is 8.83 Å². The number of hydrogen-bond acceptors (Lipinski definition) is 2. The molecule has 2 nitrogen and oxygen atoms in total. The van der Waals surface area contributed by atoms with E-state index in [1.807, 2.05) is 0 Å². The van der Waals surface area contributed by atoms with Gasteiger partial charge in [0.2, 0.25) is 0 Å². The van der Waals surface area contributed by atoms with Crippen LogP contribution in [0.15, 0.2) is 184 Å². The van der Waals surface area contributed by atoms with Gasteiger partial charge in [0.05, 0.1) is 0 Å². The molecule has 5 aromatic carbocycles. The first-order valence-electron chi connectivity index (χ1n) is 21.5. The van der Waals surface area contributed by atoms with Crippen molar-refractivity contribution in [2.24, 2.45) is 23.7 Å². The molecule has 0 aliphatic heterocycles. The SMILES string of the molecule is C1=CC2C=Cc3oc4c(C5CC(C6=CC7C=CC(c8ccccc8)=CC7C=C6)CC(c6cccc7oc8ccccc8c67)C5)cc(-c5ccccc5)cc4c3C2CC1. The number of rotatable bonds is 5. The minimum atomic E-state index is 0.306. The van der Waals surface area contributed by atoms with Crippen LogP contribution in [-0.4, -0.2) is 0 Å². The van der Waals surface area contributed by atoms with E-state index in [1.54, 1.807) is 0 Å². The van der Waals surface area contributed by atoms with Crippen molar-refractivity contribution in [1.29, 1.82) is 0 Å². The van der Waals surface area contributed by atoms with E-state index < -0.39 is 0 Å². The van der Waals surface area contributed by atoms with Crippen molar-refractivity contribution in [3.8, 4) is 11.1 Å². The lowest BCUT2D eigenvalue weighted by atomic mass is 9.66. The molecular formula is C56H46O2. The summed E-state index contributed by atoms with van der Waals surface area (Å²) in [6.07, 6.45) is 29.7. The molecule has 2 heterocycles. The van der Waals surface area contributed by atoms with Gasteiger partial charge in [0.25, 0.3) is 0 Å².